The molecule has 7 heteroatoms. The van der Waals surface area contributed by atoms with Crippen molar-refractivity contribution in [3.05, 3.63) is 63.3 Å². The van der Waals surface area contributed by atoms with Crippen molar-refractivity contribution >= 4 is 28.3 Å². The van der Waals surface area contributed by atoms with Gasteiger partial charge in [-0.05, 0) is 37.1 Å². The third-order valence-corrected chi connectivity index (χ3v) is 3.68. The number of carbonyl (C=O) groups is 1. The Labute approximate surface area is 137 Å². The van der Waals surface area contributed by atoms with Gasteiger partial charge in [0.1, 0.15) is 11.4 Å². The summed E-state index contributed by atoms with van der Waals surface area (Å²) < 4.78 is 5.31. The summed E-state index contributed by atoms with van der Waals surface area (Å²) in [5, 5.41) is 18.3. The van der Waals surface area contributed by atoms with E-state index in [0.29, 0.717) is 11.3 Å². The van der Waals surface area contributed by atoms with E-state index >= 15 is 0 Å². The quantitative estimate of drug-likeness (QED) is 0.584. The molecule has 0 saturated heterocycles. The Morgan fingerprint density at radius 1 is 1.29 bits per heavy atom. The Morgan fingerprint density at radius 2 is 2.04 bits per heavy atom. The molecule has 7 nitrogen and oxygen atoms in total. The summed E-state index contributed by atoms with van der Waals surface area (Å²) in [4.78, 5) is 22.7. The van der Waals surface area contributed by atoms with Crippen LogP contribution in [0.2, 0.25) is 0 Å². The van der Waals surface area contributed by atoms with Crippen molar-refractivity contribution in [2.24, 2.45) is 0 Å². The lowest BCUT2D eigenvalue weighted by atomic mass is 10.1. The summed E-state index contributed by atoms with van der Waals surface area (Å²) in [7, 11) is 0. The zero-order valence-corrected chi connectivity index (χ0v) is 13.2. The van der Waals surface area contributed by atoms with Crippen molar-refractivity contribution in [3.63, 3.8) is 0 Å². The third kappa shape index (κ3) is 2.96. The summed E-state index contributed by atoms with van der Waals surface area (Å²) >= 11 is 0. The number of fused-ring (bicyclic) bond motifs is 1. The molecule has 0 aliphatic rings. The van der Waals surface area contributed by atoms with Gasteiger partial charge in [0, 0.05) is 11.5 Å². The molecule has 1 aromatic heterocycles. The number of carbonyl (C=O) groups excluding carboxylic acids is 1. The molecule has 1 heterocycles. The fourth-order valence-electron chi connectivity index (χ4n) is 2.65. The molecule has 0 spiro atoms. The third-order valence-electron chi connectivity index (χ3n) is 3.68. The van der Waals surface area contributed by atoms with Crippen LogP contribution in [0.25, 0.3) is 11.0 Å². The molecule has 3 aromatic rings. The van der Waals surface area contributed by atoms with Crippen molar-refractivity contribution < 1.29 is 14.2 Å². The predicted octanol–water partition coefficient (Wildman–Crippen LogP) is 3.53. The van der Waals surface area contributed by atoms with E-state index in [1.165, 1.54) is 12.1 Å². The van der Waals surface area contributed by atoms with Crippen LogP contribution < -0.4 is 5.32 Å². The van der Waals surface area contributed by atoms with Gasteiger partial charge in [0.05, 0.1) is 11.3 Å². The largest absolute Gasteiger partial charge is 0.356 e. The number of anilines is 1. The number of hydrogen-bond acceptors (Lipinski definition) is 5. The van der Waals surface area contributed by atoms with E-state index in [1.54, 1.807) is 12.1 Å². The molecule has 0 aliphatic carbocycles. The molecule has 0 bridgehead atoms. The zero-order chi connectivity index (χ0) is 17.3. The van der Waals surface area contributed by atoms with Crippen LogP contribution >= 0.6 is 0 Å². The maximum Gasteiger partial charge on any atom is 0.292 e. The van der Waals surface area contributed by atoms with E-state index in [1.807, 2.05) is 26.0 Å². The van der Waals surface area contributed by atoms with Crippen molar-refractivity contribution in [2.45, 2.75) is 20.3 Å². The minimum Gasteiger partial charge on any atom is -0.356 e. The van der Waals surface area contributed by atoms with Crippen molar-refractivity contribution in [2.75, 3.05) is 5.32 Å². The molecule has 0 unspecified atom stereocenters. The highest BCUT2D eigenvalue weighted by Gasteiger charge is 2.18. The number of aryl methyl sites for hydroxylation is 2. The second kappa shape index (κ2) is 6.11. The molecule has 2 aromatic carbocycles. The number of para-hydroxylation sites is 2. The van der Waals surface area contributed by atoms with Crippen LogP contribution in [0.5, 0.6) is 0 Å². The monoisotopic (exact) mass is 325 g/mol. The number of nitrogens with one attached hydrogen (secondary N) is 1. The van der Waals surface area contributed by atoms with Crippen molar-refractivity contribution in [1.29, 1.82) is 0 Å². The fraction of sp³-hybridized carbons (Fsp3) is 0.176. The average Bonchev–Trinajstić information content (AvgIpc) is 2.90. The SMILES string of the molecule is Cc1cc(C)c2onc(CC(=O)Nc3ccccc3[N+](=O)[O-])c2c1. The van der Waals surface area contributed by atoms with Crippen molar-refractivity contribution in [3.8, 4) is 0 Å². The highest BCUT2D eigenvalue weighted by molar-refractivity contribution is 5.96. The van der Waals surface area contributed by atoms with E-state index in [4.69, 9.17) is 4.52 Å². The molecule has 122 valence electrons. The van der Waals surface area contributed by atoms with Gasteiger partial charge < -0.3 is 9.84 Å². The lowest BCUT2D eigenvalue weighted by molar-refractivity contribution is -0.383. The number of aromatic nitrogens is 1. The lowest BCUT2D eigenvalue weighted by Crippen LogP contribution is -2.15. The van der Waals surface area contributed by atoms with E-state index < -0.39 is 10.8 Å². The minimum absolute atomic E-state index is 0.0259. The van der Waals surface area contributed by atoms with Crippen molar-refractivity contribution in [1.82, 2.24) is 5.16 Å². The number of amides is 1. The lowest BCUT2D eigenvalue weighted by Gasteiger charge is -2.05. The Morgan fingerprint density at radius 3 is 2.79 bits per heavy atom. The molecular formula is C17H15N3O4. The van der Waals surface area contributed by atoms with E-state index in [2.05, 4.69) is 10.5 Å². The van der Waals surface area contributed by atoms with Gasteiger partial charge in [-0.2, -0.15) is 0 Å². The second-order valence-electron chi connectivity index (χ2n) is 5.59. The number of nitrogens with zero attached hydrogens (tertiary/aromatic N) is 2. The Bertz CT molecular complexity index is 946. The van der Waals surface area contributed by atoms with Gasteiger partial charge >= 0.3 is 0 Å². The number of nitro groups is 1. The van der Waals surface area contributed by atoms with Crippen LogP contribution in [0.1, 0.15) is 16.8 Å². The Balaban J connectivity index is 1.85. The van der Waals surface area contributed by atoms with Gasteiger partial charge in [-0.3, -0.25) is 14.9 Å². The molecule has 24 heavy (non-hydrogen) atoms. The van der Waals surface area contributed by atoms with Crippen LogP contribution in [0.3, 0.4) is 0 Å². The molecule has 1 N–H and O–H groups in total. The van der Waals surface area contributed by atoms with E-state index in [-0.39, 0.29) is 17.8 Å². The number of nitro benzene ring substituents is 1. The summed E-state index contributed by atoms with van der Waals surface area (Å²) in [6, 6.07) is 9.89. The summed E-state index contributed by atoms with van der Waals surface area (Å²) in [5.41, 5.74) is 3.16. The van der Waals surface area contributed by atoms with Gasteiger partial charge in [-0.1, -0.05) is 23.4 Å². The topological polar surface area (TPSA) is 98.3 Å². The zero-order valence-electron chi connectivity index (χ0n) is 13.2. The van der Waals surface area contributed by atoms with Gasteiger partial charge in [-0.25, -0.2) is 0 Å². The second-order valence-corrected chi connectivity index (χ2v) is 5.59. The minimum atomic E-state index is -0.534. The molecule has 1 amide bonds. The maximum absolute atomic E-state index is 12.3. The normalized spacial score (nSPS) is 10.8. The first-order chi connectivity index (χ1) is 11.5. The van der Waals surface area contributed by atoms with Gasteiger partial charge in [0.2, 0.25) is 5.91 Å². The molecule has 0 aliphatic heterocycles. The number of rotatable bonds is 4. The highest BCUT2D eigenvalue weighted by atomic mass is 16.6. The Hall–Kier alpha value is -3.22. The standard InChI is InChI=1S/C17H15N3O4/c1-10-7-11(2)17-12(8-10)14(19-24-17)9-16(21)18-13-5-3-4-6-15(13)20(22)23/h3-8H,9H2,1-2H3,(H,18,21). The average molecular weight is 325 g/mol. The molecule has 0 atom stereocenters. The van der Waals surface area contributed by atoms with Gasteiger partial charge in [0.15, 0.2) is 5.58 Å². The first kappa shape index (κ1) is 15.7. The van der Waals surface area contributed by atoms with E-state index in [0.717, 1.165) is 16.5 Å². The Kier molecular flexibility index (Phi) is 3.99. The van der Waals surface area contributed by atoms with Crippen LogP contribution in [0, 0.1) is 24.0 Å². The summed E-state index contributed by atoms with van der Waals surface area (Å²) in [6.07, 6.45) is -0.0259. The predicted molar refractivity (Wildman–Crippen MR) is 88.9 cm³/mol. The molecular weight excluding hydrogens is 310 g/mol. The first-order valence-electron chi connectivity index (χ1n) is 7.34. The molecule has 0 fully saturated rings. The van der Waals surface area contributed by atoms with Gasteiger partial charge in [-0.15, -0.1) is 0 Å². The van der Waals surface area contributed by atoms with Crippen LogP contribution in [0.15, 0.2) is 40.9 Å². The maximum atomic E-state index is 12.3. The van der Waals surface area contributed by atoms with Crippen LogP contribution in [0.4, 0.5) is 11.4 Å². The van der Waals surface area contributed by atoms with Gasteiger partial charge in [0.25, 0.3) is 5.69 Å². The fourth-order valence-corrected chi connectivity index (χ4v) is 2.65. The molecule has 0 radical (unpaired) electrons. The summed E-state index contributed by atoms with van der Waals surface area (Å²) in [5.74, 6) is -0.390. The first-order valence-corrected chi connectivity index (χ1v) is 7.34. The van der Waals surface area contributed by atoms with E-state index in [9.17, 15) is 14.9 Å². The number of benzene rings is 2. The smallest absolute Gasteiger partial charge is 0.292 e. The number of hydrogen-bond donors (Lipinski definition) is 1. The van der Waals surface area contributed by atoms with Crippen LogP contribution in [-0.2, 0) is 11.2 Å². The van der Waals surface area contributed by atoms with Crippen LogP contribution in [-0.4, -0.2) is 16.0 Å². The molecule has 3 rings (SSSR count). The summed E-state index contributed by atoms with van der Waals surface area (Å²) in [6.45, 7) is 3.87. The highest BCUT2D eigenvalue weighted by Crippen LogP contribution is 2.26. The molecule has 0 saturated carbocycles.